The van der Waals surface area contributed by atoms with Gasteiger partial charge in [-0.2, -0.15) is 0 Å². The first kappa shape index (κ1) is 12.0. The zero-order chi connectivity index (χ0) is 13.5. The summed E-state index contributed by atoms with van der Waals surface area (Å²) >= 11 is 3.48. The first-order valence-electron chi connectivity index (χ1n) is 6.80. The van der Waals surface area contributed by atoms with Crippen molar-refractivity contribution in [1.82, 2.24) is 0 Å². The first-order valence-corrected chi connectivity index (χ1v) is 7.59. The minimum Gasteiger partial charge on any atom is -0.456 e. The Morgan fingerprint density at radius 2 is 1.85 bits per heavy atom. The molecular formula is C18H13BrO. The van der Waals surface area contributed by atoms with Crippen LogP contribution in [0, 0.1) is 0 Å². The van der Waals surface area contributed by atoms with Crippen LogP contribution in [0.15, 0.2) is 57.4 Å². The molecule has 0 fully saturated rings. The largest absolute Gasteiger partial charge is 0.456 e. The highest BCUT2D eigenvalue weighted by molar-refractivity contribution is 9.10. The standard InChI is InChI=1S/C18H13BrO/c19-13-10-8-12(9-11-13)14-5-3-6-16-15-4-1-2-7-17(15)20-18(14)16/h2-3,5-11H,1,4H2. The summed E-state index contributed by atoms with van der Waals surface area (Å²) in [5.74, 6) is 1.02. The van der Waals surface area contributed by atoms with E-state index in [1.165, 1.54) is 16.5 Å². The molecule has 0 atom stereocenters. The third-order valence-electron chi connectivity index (χ3n) is 3.84. The van der Waals surface area contributed by atoms with Crippen LogP contribution in [-0.2, 0) is 6.42 Å². The number of aryl methyl sites for hydroxylation is 1. The molecule has 3 aromatic rings. The van der Waals surface area contributed by atoms with E-state index < -0.39 is 0 Å². The van der Waals surface area contributed by atoms with E-state index >= 15 is 0 Å². The second-order valence-corrected chi connectivity index (χ2v) is 5.99. The summed E-state index contributed by atoms with van der Waals surface area (Å²) in [6.45, 7) is 0. The highest BCUT2D eigenvalue weighted by atomic mass is 79.9. The molecule has 0 saturated heterocycles. The molecule has 1 aliphatic carbocycles. The fraction of sp³-hybridized carbons (Fsp3) is 0.111. The topological polar surface area (TPSA) is 13.1 Å². The monoisotopic (exact) mass is 324 g/mol. The van der Waals surface area contributed by atoms with Gasteiger partial charge in [0.15, 0.2) is 0 Å². The van der Waals surface area contributed by atoms with Crippen LogP contribution in [-0.4, -0.2) is 0 Å². The summed E-state index contributed by atoms with van der Waals surface area (Å²) < 4.78 is 7.20. The molecule has 0 aliphatic heterocycles. The van der Waals surface area contributed by atoms with E-state index in [1.54, 1.807) is 0 Å². The Labute approximate surface area is 126 Å². The number of halogens is 1. The molecule has 4 rings (SSSR count). The number of furan rings is 1. The third kappa shape index (κ3) is 1.83. The molecule has 0 saturated carbocycles. The molecule has 98 valence electrons. The van der Waals surface area contributed by atoms with Gasteiger partial charge in [-0.1, -0.05) is 52.3 Å². The van der Waals surface area contributed by atoms with E-state index in [1.807, 2.05) is 0 Å². The van der Waals surface area contributed by atoms with Crippen molar-refractivity contribution in [2.45, 2.75) is 12.8 Å². The molecule has 20 heavy (non-hydrogen) atoms. The van der Waals surface area contributed by atoms with E-state index in [0.29, 0.717) is 0 Å². The van der Waals surface area contributed by atoms with Crippen LogP contribution in [0.1, 0.15) is 17.7 Å². The van der Waals surface area contributed by atoms with Crippen LogP contribution in [0.5, 0.6) is 0 Å². The molecule has 0 N–H and O–H groups in total. The van der Waals surface area contributed by atoms with Crippen molar-refractivity contribution < 1.29 is 4.42 Å². The lowest BCUT2D eigenvalue weighted by atomic mass is 9.98. The predicted molar refractivity (Wildman–Crippen MR) is 86.7 cm³/mol. The molecular weight excluding hydrogens is 312 g/mol. The van der Waals surface area contributed by atoms with E-state index in [9.17, 15) is 0 Å². The molecule has 0 radical (unpaired) electrons. The predicted octanol–water partition coefficient (Wildman–Crippen LogP) is 5.82. The summed E-state index contributed by atoms with van der Waals surface area (Å²) in [6.07, 6.45) is 6.46. The minimum atomic E-state index is 1.01. The van der Waals surface area contributed by atoms with E-state index in [2.05, 4.69) is 70.5 Å². The Balaban J connectivity index is 1.98. The van der Waals surface area contributed by atoms with Gasteiger partial charge in [0.1, 0.15) is 11.3 Å². The molecule has 0 spiro atoms. The number of hydrogen-bond acceptors (Lipinski definition) is 1. The van der Waals surface area contributed by atoms with Gasteiger partial charge in [0, 0.05) is 21.0 Å². The summed E-state index contributed by atoms with van der Waals surface area (Å²) in [5, 5.41) is 1.25. The highest BCUT2D eigenvalue weighted by Gasteiger charge is 2.17. The Morgan fingerprint density at radius 3 is 2.70 bits per heavy atom. The lowest BCUT2D eigenvalue weighted by Gasteiger charge is -2.03. The number of hydrogen-bond donors (Lipinski definition) is 0. The fourth-order valence-corrected chi connectivity index (χ4v) is 3.12. The Kier molecular flexibility index (Phi) is 2.78. The first-order chi connectivity index (χ1) is 9.83. The van der Waals surface area contributed by atoms with Gasteiger partial charge >= 0.3 is 0 Å². The van der Waals surface area contributed by atoms with Crippen molar-refractivity contribution >= 4 is 33.0 Å². The molecule has 2 aromatic carbocycles. The molecule has 0 amide bonds. The van der Waals surface area contributed by atoms with E-state index in [-0.39, 0.29) is 0 Å². The quantitative estimate of drug-likeness (QED) is 0.549. The van der Waals surface area contributed by atoms with Crippen molar-refractivity contribution in [1.29, 1.82) is 0 Å². The maximum absolute atomic E-state index is 6.11. The third-order valence-corrected chi connectivity index (χ3v) is 4.36. The van der Waals surface area contributed by atoms with Crippen molar-refractivity contribution in [3.63, 3.8) is 0 Å². The van der Waals surface area contributed by atoms with Crippen LogP contribution in [0.25, 0.3) is 28.2 Å². The number of rotatable bonds is 1. The average molecular weight is 325 g/mol. The average Bonchev–Trinajstić information content (AvgIpc) is 2.87. The van der Waals surface area contributed by atoms with Crippen LogP contribution in [0.3, 0.4) is 0 Å². The molecule has 0 bridgehead atoms. The lowest BCUT2D eigenvalue weighted by molar-refractivity contribution is 0.596. The van der Waals surface area contributed by atoms with Gasteiger partial charge in [-0.05, 0) is 36.6 Å². The lowest BCUT2D eigenvalue weighted by Crippen LogP contribution is -1.88. The summed E-state index contributed by atoms with van der Waals surface area (Å²) in [7, 11) is 0. The van der Waals surface area contributed by atoms with Crippen molar-refractivity contribution in [2.24, 2.45) is 0 Å². The maximum atomic E-state index is 6.11. The number of para-hydroxylation sites is 1. The van der Waals surface area contributed by atoms with Crippen molar-refractivity contribution in [2.75, 3.05) is 0 Å². The highest BCUT2D eigenvalue weighted by Crippen LogP contribution is 2.36. The number of benzene rings is 2. The van der Waals surface area contributed by atoms with Gasteiger partial charge in [0.2, 0.25) is 0 Å². The summed E-state index contributed by atoms with van der Waals surface area (Å²) in [4.78, 5) is 0. The Bertz CT molecular complexity index is 809. The zero-order valence-electron chi connectivity index (χ0n) is 10.9. The SMILES string of the molecule is Brc1ccc(-c2cccc3c4c(oc23)C=CCC4)cc1. The van der Waals surface area contributed by atoms with Gasteiger partial charge in [0.25, 0.3) is 0 Å². The van der Waals surface area contributed by atoms with E-state index in [0.717, 1.165) is 34.2 Å². The van der Waals surface area contributed by atoms with E-state index in [4.69, 9.17) is 4.42 Å². The molecule has 1 nitrogen and oxygen atoms in total. The molecule has 0 unspecified atom stereocenters. The van der Waals surface area contributed by atoms with Gasteiger partial charge in [-0.3, -0.25) is 0 Å². The van der Waals surface area contributed by atoms with Crippen LogP contribution in [0.4, 0.5) is 0 Å². The van der Waals surface area contributed by atoms with Crippen LogP contribution >= 0.6 is 15.9 Å². The molecule has 1 heterocycles. The van der Waals surface area contributed by atoms with Gasteiger partial charge in [-0.15, -0.1) is 0 Å². The fourth-order valence-electron chi connectivity index (χ4n) is 2.86. The van der Waals surface area contributed by atoms with Gasteiger partial charge in [-0.25, -0.2) is 0 Å². The van der Waals surface area contributed by atoms with Crippen LogP contribution in [0.2, 0.25) is 0 Å². The molecule has 1 aromatic heterocycles. The second-order valence-electron chi connectivity index (χ2n) is 5.08. The van der Waals surface area contributed by atoms with Gasteiger partial charge < -0.3 is 4.42 Å². The Hall–Kier alpha value is -1.80. The summed E-state index contributed by atoms with van der Waals surface area (Å²) in [6, 6.07) is 14.8. The summed E-state index contributed by atoms with van der Waals surface area (Å²) in [5.41, 5.74) is 4.71. The number of allylic oxidation sites excluding steroid dienone is 1. The van der Waals surface area contributed by atoms with Gasteiger partial charge in [0.05, 0.1) is 0 Å². The smallest absolute Gasteiger partial charge is 0.142 e. The normalized spacial score (nSPS) is 13.7. The zero-order valence-corrected chi connectivity index (χ0v) is 12.5. The maximum Gasteiger partial charge on any atom is 0.142 e. The van der Waals surface area contributed by atoms with Crippen LogP contribution < -0.4 is 0 Å². The second kappa shape index (κ2) is 4.64. The number of fused-ring (bicyclic) bond motifs is 3. The molecule has 1 aliphatic rings. The Morgan fingerprint density at radius 1 is 1.00 bits per heavy atom. The van der Waals surface area contributed by atoms with Crippen molar-refractivity contribution in [3.05, 3.63) is 64.3 Å². The van der Waals surface area contributed by atoms with Crippen molar-refractivity contribution in [3.8, 4) is 11.1 Å². The minimum absolute atomic E-state index is 1.01. The molecule has 2 heteroatoms.